The molecule has 0 saturated carbocycles. The van der Waals surface area contributed by atoms with Crippen molar-refractivity contribution in [3.05, 3.63) is 41.0 Å². The normalized spacial score (nSPS) is 12.2. The smallest absolute Gasteiger partial charge is 0.328 e. The standard InChI is InChI=1S/C18H23NO2/c1-3-5-7-14(4-2)12-16-9-6-8-15(17(16)13-19)10-11-18(20)21/h6,8-11,14H,3-5,7,12H2,1-2H3,(H,20,21). The van der Waals surface area contributed by atoms with Gasteiger partial charge in [0.2, 0.25) is 0 Å². The number of nitriles is 1. The van der Waals surface area contributed by atoms with E-state index in [1.165, 1.54) is 25.3 Å². The zero-order chi connectivity index (χ0) is 15.7. The molecule has 1 atom stereocenters. The number of nitrogens with zero attached hydrogens (tertiary/aromatic N) is 1. The zero-order valence-electron chi connectivity index (χ0n) is 12.8. The number of carboxylic acids is 1. The molecule has 1 N–H and O–H groups in total. The van der Waals surface area contributed by atoms with Crippen molar-refractivity contribution in [1.82, 2.24) is 0 Å². The maximum Gasteiger partial charge on any atom is 0.328 e. The first-order chi connectivity index (χ1) is 10.1. The fraction of sp³-hybridized carbons (Fsp3) is 0.444. The van der Waals surface area contributed by atoms with Crippen molar-refractivity contribution >= 4 is 12.0 Å². The Balaban J connectivity index is 2.99. The van der Waals surface area contributed by atoms with E-state index in [-0.39, 0.29) is 0 Å². The van der Waals surface area contributed by atoms with Crippen LogP contribution < -0.4 is 0 Å². The van der Waals surface area contributed by atoms with Gasteiger partial charge in [0.1, 0.15) is 6.07 Å². The van der Waals surface area contributed by atoms with Gasteiger partial charge in [-0.05, 0) is 29.5 Å². The highest BCUT2D eigenvalue weighted by Crippen LogP contribution is 2.23. The molecular formula is C18H23NO2. The van der Waals surface area contributed by atoms with Gasteiger partial charge in [-0.1, -0.05) is 57.7 Å². The zero-order valence-corrected chi connectivity index (χ0v) is 12.8. The van der Waals surface area contributed by atoms with Crippen molar-refractivity contribution in [2.24, 2.45) is 5.92 Å². The monoisotopic (exact) mass is 285 g/mol. The van der Waals surface area contributed by atoms with Crippen LogP contribution in [0.1, 0.15) is 56.2 Å². The van der Waals surface area contributed by atoms with Gasteiger partial charge in [0, 0.05) is 6.08 Å². The molecule has 0 heterocycles. The lowest BCUT2D eigenvalue weighted by Crippen LogP contribution is -2.05. The summed E-state index contributed by atoms with van der Waals surface area (Å²) in [5, 5.41) is 18.1. The van der Waals surface area contributed by atoms with Gasteiger partial charge in [-0.15, -0.1) is 0 Å². The Morgan fingerprint density at radius 3 is 2.76 bits per heavy atom. The maximum atomic E-state index is 10.6. The summed E-state index contributed by atoms with van der Waals surface area (Å²) in [7, 11) is 0. The van der Waals surface area contributed by atoms with Gasteiger partial charge in [0.25, 0.3) is 0 Å². The Bertz CT molecular complexity index is 541. The second-order valence-electron chi connectivity index (χ2n) is 5.29. The molecule has 21 heavy (non-hydrogen) atoms. The Hall–Kier alpha value is -2.08. The lowest BCUT2D eigenvalue weighted by molar-refractivity contribution is -0.131. The van der Waals surface area contributed by atoms with Crippen LogP contribution in [0.5, 0.6) is 0 Å². The van der Waals surface area contributed by atoms with Crippen LogP contribution in [0.15, 0.2) is 24.3 Å². The van der Waals surface area contributed by atoms with Crippen LogP contribution in [-0.4, -0.2) is 11.1 Å². The van der Waals surface area contributed by atoms with Crippen molar-refractivity contribution < 1.29 is 9.90 Å². The van der Waals surface area contributed by atoms with Gasteiger partial charge in [0.05, 0.1) is 5.56 Å². The number of hydrogen-bond donors (Lipinski definition) is 1. The number of rotatable bonds is 8. The Morgan fingerprint density at radius 1 is 1.43 bits per heavy atom. The number of aliphatic carboxylic acids is 1. The third kappa shape index (κ3) is 5.43. The number of hydrogen-bond acceptors (Lipinski definition) is 2. The molecule has 0 saturated heterocycles. The topological polar surface area (TPSA) is 61.1 Å². The van der Waals surface area contributed by atoms with E-state index < -0.39 is 5.97 Å². The van der Waals surface area contributed by atoms with E-state index in [9.17, 15) is 10.1 Å². The van der Waals surface area contributed by atoms with Crippen molar-refractivity contribution in [3.63, 3.8) is 0 Å². The molecule has 0 spiro atoms. The molecule has 0 radical (unpaired) electrons. The summed E-state index contributed by atoms with van der Waals surface area (Å²) >= 11 is 0. The summed E-state index contributed by atoms with van der Waals surface area (Å²) in [5.41, 5.74) is 2.31. The van der Waals surface area contributed by atoms with E-state index >= 15 is 0 Å². The van der Waals surface area contributed by atoms with Crippen molar-refractivity contribution in [1.29, 1.82) is 5.26 Å². The number of carbonyl (C=O) groups is 1. The third-order valence-corrected chi connectivity index (χ3v) is 3.75. The van der Waals surface area contributed by atoms with Crippen LogP contribution in [0, 0.1) is 17.2 Å². The van der Waals surface area contributed by atoms with Gasteiger partial charge >= 0.3 is 5.97 Å². The second-order valence-corrected chi connectivity index (χ2v) is 5.29. The number of unbranched alkanes of at least 4 members (excludes halogenated alkanes) is 1. The van der Waals surface area contributed by atoms with E-state index in [0.717, 1.165) is 24.5 Å². The molecule has 1 rings (SSSR count). The summed E-state index contributed by atoms with van der Waals surface area (Å²) in [6.07, 6.45) is 8.12. The van der Waals surface area contributed by atoms with Gasteiger partial charge in [-0.3, -0.25) is 0 Å². The summed E-state index contributed by atoms with van der Waals surface area (Å²) in [6, 6.07) is 7.89. The highest BCUT2D eigenvalue weighted by atomic mass is 16.4. The Labute approximate surface area is 126 Å². The number of benzene rings is 1. The summed E-state index contributed by atoms with van der Waals surface area (Å²) in [4.78, 5) is 10.6. The highest BCUT2D eigenvalue weighted by molar-refractivity contribution is 5.86. The molecule has 1 aromatic rings. The fourth-order valence-electron chi connectivity index (χ4n) is 2.48. The molecule has 0 aliphatic heterocycles. The first-order valence-electron chi connectivity index (χ1n) is 7.55. The molecule has 3 nitrogen and oxygen atoms in total. The first kappa shape index (κ1) is 17.0. The minimum Gasteiger partial charge on any atom is -0.478 e. The summed E-state index contributed by atoms with van der Waals surface area (Å²) < 4.78 is 0. The van der Waals surface area contributed by atoms with Crippen LogP contribution in [0.25, 0.3) is 6.08 Å². The minimum atomic E-state index is -1.00. The predicted molar refractivity (Wildman–Crippen MR) is 84.8 cm³/mol. The van der Waals surface area contributed by atoms with Gasteiger partial charge < -0.3 is 5.11 Å². The van der Waals surface area contributed by atoms with Crippen LogP contribution in [0.3, 0.4) is 0 Å². The molecule has 0 aliphatic carbocycles. The quantitative estimate of drug-likeness (QED) is 0.719. The second kappa shape index (κ2) is 8.97. The average molecular weight is 285 g/mol. The van der Waals surface area contributed by atoms with Crippen LogP contribution in [0.4, 0.5) is 0 Å². The molecule has 112 valence electrons. The SMILES string of the molecule is CCCCC(CC)Cc1cccc(C=CC(=O)O)c1C#N. The molecule has 1 unspecified atom stereocenters. The van der Waals surface area contributed by atoms with Crippen molar-refractivity contribution in [2.75, 3.05) is 0 Å². The molecule has 0 aliphatic rings. The van der Waals surface area contributed by atoms with Gasteiger partial charge in [0.15, 0.2) is 0 Å². The fourth-order valence-corrected chi connectivity index (χ4v) is 2.48. The Morgan fingerprint density at radius 2 is 2.19 bits per heavy atom. The van der Waals surface area contributed by atoms with Crippen LogP contribution >= 0.6 is 0 Å². The summed E-state index contributed by atoms with van der Waals surface area (Å²) in [5.74, 6) is -0.422. The average Bonchev–Trinajstić information content (AvgIpc) is 2.49. The molecule has 1 aromatic carbocycles. The van der Waals surface area contributed by atoms with Crippen molar-refractivity contribution in [3.8, 4) is 6.07 Å². The number of carboxylic acid groups (broad SMARTS) is 1. The molecule has 0 aromatic heterocycles. The van der Waals surface area contributed by atoms with E-state index in [2.05, 4.69) is 19.9 Å². The molecule has 0 fully saturated rings. The van der Waals surface area contributed by atoms with E-state index in [0.29, 0.717) is 17.0 Å². The van der Waals surface area contributed by atoms with E-state index in [1.54, 1.807) is 6.07 Å². The summed E-state index contributed by atoms with van der Waals surface area (Å²) in [6.45, 7) is 4.37. The van der Waals surface area contributed by atoms with E-state index in [4.69, 9.17) is 5.11 Å². The molecule has 3 heteroatoms. The minimum absolute atomic E-state index is 0.579. The third-order valence-electron chi connectivity index (χ3n) is 3.75. The van der Waals surface area contributed by atoms with Crippen LogP contribution in [-0.2, 0) is 11.2 Å². The van der Waals surface area contributed by atoms with Gasteiger partial charge in [-0.2, -0.15) is 5.26 Å². The lowest BCUT2D eigenvalue weighted by Gasteiger charge is -2.16. The van der Waals surface area contributed by atoms with Crippen molar-refractivity contribution in [2.45, 2.75) is 46.0 Å². The molecule has 0 bridgehead atoms. The molecule has 0 amide bonds. The largest absolute Gasteiger partial charge is 0.478 e. The first-order valence-corrected chi connectivity index (χ1v) is 7.55. The Kier molecular flexibility index (Phi) is 7.25. The van der Waals surface area contributed by atoms with Crippen LogP contribution in [0.2, 0.25) is 0 Å². The van der Waals surface area contributed by atoms with E-state index in [1.807, 2.05) is 12.1 Å². The highest BCUT2D eigenvalue weighted by Gasteiger charge is 2.12. The van der Waals surface area contributed by atoms with Gasteiger partial charge in [-0.25, -0.2) is 4.79 Å². The predicted octanol–water partition coefficient (Wildman–Crippen LogP) is 4.41. The maximum absolute atomic E-state index is 10.6. The molecular weight excluding hydrogens is 262 g/mol. The lowest BCUT2D eigenvalue weighted by atomic mass is 9.88.